The lowest BCUT2D eigenvalue weighted by Crippen LogP contribution is -2.38. The van der Waals surface area contributed by atoms with Gasteiger partial charge in [-0.25, -0.2) is 8.42 Å². The van der Waals surface area contributed by atoms with E-state index in [1.54, 1.807) is 27.7 Å². The molecule has 96 valence electrons. The van der Waals surface area contributed by atoms with Crippen LogP contribution < -0.4 is 5.73 Å². The van der Waals surface area contributed by atoms with Crippen molar-refractivity contribution in [1.82, 2.24) is 0 Å². The molecule has 0 aliphatic carbocycles. The van der Waals surface area contributed by atoms with Gasteiger partial charge in [-0.15, -0.1) is 0 Å². The molecule has 2 N–H and O–H groups in total. The molecule has 16 heavy (non-hydrogen) atoms. The van der Waals surface area contributed by atoms with Crippen LogP contribution in [0.3, 0.4) is 0 Å². The van der Waals surface area contributed by atoms with Crippen molar-refractivity contribution in [3.63, 3.8) is 0 Å². The van der Waals surface area contributed by atoms with E-state index in [1.165, 1.54) is 0 Å². The van der Waals surface area contributed by atoms with Crippen LogP contribution in [0.2, 0.25) is 0 Å². The molecule has 0 heterocycles. The average Bonchev–Trinajstić information content (AvgIpc) is 2.11. The van der Waals surface area contributed by atoms with Crippen LogP contribution in [-0.4, -0.2) is 37.5 Å². The molecular weight excluding hydrogens is 230 g/mol. The van der Waals surface area contributed by atoms with E-state index < -0.39 is 27.4 Å². The molecule has 0 saturated carbocycles. The van der Waals surface area contributed by atoms with Gasteiger partial charge < -0.3 is 10.5 Å². The number of sulfone groups is 1. The summed E-state index contributed by atoms with van der Waals surface area (Å²) in [6.45, 7) is 6.77. The van der Waals surface area contributed by atoms with E-state index in [4.69, 9.17) is 10.5 Å². The maximum absolute atomic E-state index is 11.4. The van der Waals surface area contributed by atoms with Crippen LogP contribution in [0.5, 0.6) is 0 Å². The van der Waals surface area contributed by atoms with E-state index in [9.17, 15) is 13.2 Å². The summed E-state index contributed by atoms with van der Waals surface area (Å²) in [4.78, 5) is 11.4. The second kappa shape index (κ2) is 5.63. The fraction of sp³-hybridized carbons (Fsp3) is 0.900. The Balaban J connectivity index is 4.18. The lowest BCUT2D eigenvalue weighted by atomic mass is 10.2. The molecule has 0 radical (unpaired) electrons. The van der Waals surface area contributed by atoms with Gasteiger partial charge in [-0.2, -0.15) is 0 Å². The predicted octanol–water partition coefficient (Wildman–Crippen LogP) is 0.480. The third-order valence-electron chi connectivity index (χ3n) is 1.89. The third kappa shape index (κ3) is 6.79. The highest BCUT2D eigenvalue weighted by Crippen LogP contribution is 2.09. The number of hydrogen-bond donors (Lipinski definition) is 1. The molecule has 0 aliphatic rings. The first-order valence-electron chi connectivity index (χ1n) is 5.26. The van der Waals surface area contributed by atoms with Crippen molar-refractivity contribution >= 4 is 15.8 Å². The summed E-state index contributed by atoms with van der Waals surface area (Å²) in [5, 5.41) is 0. The standard InChI is InChI=1S/C10H21NO4S/c1-5-16(13,14)7-6-8(11)9(12)15-10(2,3)4/h8H,5-7,11H2,1-4H3. The Morgan fingerprint density at radius 3 is 2.25 bits per heavy atom. The van der Waals surface area contributed by atoms with Crippen molar-refractivity contribution in [2.45, 2.75) is 45.8 Å². The fourth-order valence-electron chi connectivity index (χ4n) is 0.946. The molecule has 0 amide bonds. The smallest absolute Gasteiger partial charge is 0.323 e. The number of nitrogens with two attached hydrogens (primary N) is 1. The Morgan fingerprint density at radius 2 is 1.88 bits per heavy atom. The van der Waals surface area contributed by atoms with E-state index in [0.29, 0.717) is 0 Å². The Bertz CT molecular complexity index is 329. The van der Waals surface area contributed by atoms with Gasteiger partial charge in [0.25, 0.3) is 0 Å². The zero-order chi connectivity index (χ0) is 13.0. The van der Waals surface area contributed by atoms with Gasteiger partial charge in [-0.1, -0.05) is 6.92 Å². The molecule has 0 bridgehead atoms. The van der Waals surface area contributed by atoms with Gasteiger partial charge >= 0.3 is 5.97 Å². The van der Waals surface area contributed by atoms with E-state index in [-0.39, 0.29) is 17.9 Å². The Kier molecular flexibility index (Phi) is 5.41. The molecule has 0 rings (SSSR count). The summed E-state index contributed by atoms with van der Waals surface area (Å²) >= 11 is 0. The molecule has 6 heteroatoms. The normalized spacial score (nSPS) is 14.6. The molecule has 0 spiro atoms. The van der Waals surface area contributed by atoms with Gasteiger partial charge in [-0.05, 0) is 27.2 Å². The molecular formula is C10H21NO4S. The van der Waals surface area contributed by atoms with Crippen LogP contribution in [0.25, 0.3) is 0 Å². The monoisotopic (exact) mass is 251 g/mol. The molecule has 1 atom stereocenters. The van der Waals surface area contributed by atoms with Crippen LogP contribution in [0, 0.1) is 0 Å². The van der Waals surface area contributed by atoms with Gasteiger partial charge in [0.1, 0.15) is 21.5 Å². The summed E-state index contributed by atoms with van der Waals surface area (Å²) in [5.74, 6) is -0.573. The van der Waals surface area contributed by atoms with Crippen LogP contribution >= 0.6 is 0 Å². The maximum Gasteiger partial charge on any atom is 0.323 e. The minimum atomic E-state index is -3.08. The predicted molar refractivity (Wildman–Crippen MR) is 62.8 cm³/mol. The number of ether oxygens (including phenoxy) is 1. The van der Waals surface area contributed by atoms with E-state index >= 15 is 0 Å². The SMILES string of the molecule is CCS(=O)(=O)CCC(N)C(=O)OC(C)(C)C. The van der Waals surface area contributed by atoms with Gasteiger partial charge in [0.2, 0.25) is 0 Å². The van der Waals surface area contributed by atoms with E-state index in [1.807, 2.05) is 0 Å². The number of carbonyl (C=O) groups is 1. The molecule has 0 aromatic heterocycles. The van der Waals surface area contributed by atoms with Crippen molar-refractivity contribution in [1.29, 1.82) is 0 Å². The highest BCUT2D eigenvalue weighted by molar-refractivity contribution is 7.91. The fourth-order valence-corrected chi connectivity index (χ4v) is 1.85. The highest BCUT2D eigenvalue weighted by atomic mass is 32.2. The van der Waals surface area contributed by atoms with Crippen molar-refractivity contribution in [2.24, 2.45) is 5.73 Å². The zero-order valence-corrected chi connectivity index (χ0v) is 11.1. The van der Waals surface area contributed by atoms with E-state index in [0.717, 1.165) is 0 Å². The Labute approximate surface area is 97.3 Å². The van der Waals surface area contributed by atoms with Crippen LogP contribution in [0.1, 0.15) is 34.1 Å². The van der Waals surface area contributed by atoms with Crippen molar-refractivity contribution < 1.29 is 17.9 Å². The van der Waals surface area contributed by atoms with Crippen LogP contribution in [0.15, 0.2) is 0 Å². The minimum absolute atomic E-state index is 0.0635. The first-order valence-corrected chi connectivity index (χ1v) is 7.08. The molecule has 5 nitrogen and oxygen atoms in total. The summed E-state index contributed by atoms with van der Waals surface area (Å²) in [5.41, 5.74) is 4.95. The van der Waals surface area contributed by atoms with Gasteiger partial charge in [0, 0.05) is 5.75 Å². The van der Waals surface area contributed by atoms with E-state index in [2.05, 4.69) is 0 Å². The van der Waals surface area contributed by atoms with Gasteiger partial charge in [-0.3, -0.25) is 4.79 Å². The quantitative estimate of drug-likeness (QED) is 0.718. The second-order valence-corrected chi connectivity index (χ2v) is 7.14. The molecule has 0 fully saturated rings. The third-order valence-corrected chi connectivity index (χ3v) is 3.63. The molecule has 1 unspecified atom stereocenters. The molecule has 0 aromatic rings. The first kappa shape index (κ1) is 15.4. The number of carbonyl (C=O) groups excluding carboxylic acids is 1. The van der Waals surface area contributed by atoms with Gasteiger partial charge in [0.15, 0.2) is 0 Å². The molecule has 0 aliphatic heterocycles. The first-order chi connectivity index (χ1) is 7.07. The Hall–Kier alpha value is -0.620. The van der Waals surface area contributed by atoms with Crippen LogP contribution in [0.4, 0.5) is 0 Å². The van der Waals surface area contributed by atoms with Gasteiger partial charge in [0.05, 0.1) is 5.75 Å². The average molecular weight is 251 g/mol. The number of hydrogen-bond acceptors (Lipinski definition) is 5. The Morgan fingerprint density at radius 1 is 1.38 bits per heavy atom. The van der Waals surface area contributed by atoms with Crippen molar-refractivity contribution in [2.75, 3.05) is 11.5 Å². The number of rotatable bonds is 5. The topological polar surface area (TPSA) is 86.5 Å². The zero-order valence-electron chi connectivity index (χ0n) is 10.3. The second-order valence-electron chi connectivity index (χ2n) is 4.67. The summed E-state index contributed by atoms with van der Waals surface area (Å²) in [7, 11) is -3.08. The highest BCUT2D eigenvalue weighted by Gasteiger charge is 2.23. The summed E-state index contributed by atoms with van der Waals surface area (Å²) < 4.78 is 27.4. The van der Waals surface area contributed by atoms with Crippen LogP contribution in [-0.2, 0) is 19.4 Å². The minimum Gasteiger partial charge on any atom is -0.459 e. The lowest BCUT2D eigenvalue weighted by Gasteiger charge is -2.22. The molecule has 0 saturated heterocycles. The van der Waals surface area contributed by atoms with Crippen molar-refractivity contribution in [3.8, 4) is 0 Å². The lowest BCUT2D eigenvalue weighted by molar-refractivity contribution is -0.156. The summed E-state index contributed by atoms with van der Waals surface area (Å²) in [6.07, 6.45) is 0.102. The maximum atomic E-state index is 11.4. The largest absolute Gasteiger partial charge is 0.459 e. The molecule has 0 aromatic carbocycles. The van der Waals surface area contributed by atoms with Crippen molar-refractivity contribution in [3.05, 3.63) is 0 Å². The summed E-state index contributed by atoms with van der Waals surface area (Å²) in [6, 6.07) is -0.874. The number of esters is 1.